The summed E-state index contributed by atoms with van der Waals surface area (Å²) in [4.78, 5) is 11.9. The molecule has 0 amide bonds. The van der Waals surface area contributed by atoms with Crippen LogP contribution >= 0.6 is 0 Å². The van der Waals surface area contributed by atoms with Gasteiger partial charge in [0, 0.05) is 12.4 Å². The highest BCUT2D eigenvalue weighted by molar-refractivity contribution is 5.80. The molecule has 5 heteroatoms. The van der Waals surface area contributed by atoms with Crippen molar-refractivity contribution in [3.8, 4) is 0 Å². The van der Waals surface area contributed by atoms with Crippen molar-refractivity contribution in [3.63, 3.8) is 0 Å². The molecule has 1 aromatic heterocycles. The lowest BCUT2D eigenvalue weighted by Crippen LogP contribution is -2.49. The van der Waals surface area contributed by atoms with E-state index in [1.54, 1.807) is 13.2 Å². The summed E-state index contributed by atoms with van der Waals surface area (Å²) in [5, 5.41) is 7.22. The Bertz CT molecular complexity index is 351. The standard InChI is InChI=1S/C12H21N3O2/c1-5-17-11(16)12(3,13-4)9-10(2)15-8-6-7-14-15/h6-8,10,13H,5,9H2,1-4H3. The fraction of sp³-hybridized carbons (Fsp3) is 0.667. The van der Waals surface area contributed by atoms with Gasteiger partial charge in [-0.2, -0.15) is 5.10 Å². The van der Waals surface area contributed by atoms with E-state index in [4.69, 9.17) is 4.74 Å². The smallest absolute Gasteiger partial charge is 0.326 e. The van der Waals surface area contributed by atoms with Gasteiger partial charge in [0.1, 0.15) is 5.54 Å². The minimum Gasteiger partial charge on any atom is -0.465 e. The van der Waals surface area contributed by atoms with Crippen LogP contribution in [0, 0.1) is 0 Å². The molecule has 0 radical (unpaired) electrons. The zero-order valence-corrected chi connectivity index (χ0v) is 10.9. The van der Waals surface area contributed by atoms with Gasteiger partial charge < -0.3 is 10.1 Å². The van der Waals surface area contributed by atoms with E-state index in [2.05, 4.69) is 10.4 Å². The second kappa shape index (κ2) is 5.82. The van der Waals surface area contributed by atoms with Gasteiger partial charge in [0.2, 0.25) is 0 Å². The molecule has 2 unspecified atom stereocenters. The molecule has 0 bridgehead atoms. The summed E-state index contributed by atoms with van der Waals surface area (Å²) in [6, 6.07) is 2.00. The van der Waals surface area contributed by atoms with E-state index in [9.17, 15) is 4.79 Å². The third kappa shape index (κ3) is 3.30. The topological polar surface area (TPSA) is 56.2 Å². The zero-order chi connectivity index (χ0) is 12.9. The lowest BCUT2D eigenvalue weighted by atomic mass is 9.94. The predicted molar refractivity (Wildman–Crippen MR) is 65.7 cm³/mol. The average molecular weight is 239 g/mol. The summed E-state index contributed by atoms with van der Waals surface area (Å²) >= 11 is 0. The molecule has 0 aromatic carbocycles. The Labute approximate surface area is 102 Å². The van der Waals surface area contributed by atoms with Crippen molar-refractivity contribution in [1.82, 2.24) is 15.1 Å². The maximum atomic E-state index is 11.9. The fourth-order valence-corrected chi connectivity index (χ4v) is 1.80. The van der Waals surface area contributed by atoms with Gasteiger partial charge in [0.15, 0.2) is 0 Å². The van der Waals surface area contributed by atoms with Crippen molar-refractivity contribution in [1.29, 1.82) is 0 Å². The number of rotatable bonds is 6. The maximum Gasteiger partial charge on any atom is 0.326 e. The number of hydrogen-bond donors (Lipinski definition) is 1. The van der Waals surface area contributed by atoms with Crippen molar-refractivity contribution in [2.75, 3.05) is 13.7 Å². The molecule has 0 spiro atoms. The predicted octanol–water partition coefficient (Wildman–Crippen LogP) is 1.38. The highest BCUT2D eigenvalue weighted by Gasteiger charge is 2.35. The van der Waals surface area contributed by atoms with Gasteiger partial charge in [-0.1, -0.05) is 0 Å². The van der Waals surface area contributed by atoms with Gasteiger partial charge in [-0.3, -0.25) is 9.48 Å². The fourth-order valence-electron chi connectivity index (χ4n) is 1.80. The SMILES string of the molecule is CCOC(=O)C(C)(CC(C)n1cccn1)NC. The molecular weight excluding hydrogens is 218 g/mol. The van der Waals surface area contributed by atoms with Gasteiger partial charge in [-0.25, -0.2) is 0 Å². The third-order valence-electron chi connectivity index (χ3n) is 2.96. The van der Waals surface area contributed by atoms with Crippen LogP contribution in [0.3, 0.4) is 0 Å². The molecule has 96 valence electrons. The zero-order valence-electron chi connectivity index (χ0n) is 10.9. The Morgan fingerprint density at radius 3 is 2.82 bits per heavy atom. The number of hydrogen-bond acceptors (Lipinski definition) is 4. The molecule has 0 saturated carbocycles. The van der Waals surface area contributed by atoms with Crippen LogP contribution in [0.5, 0.6) is 0 Å². The summed E-state index contributed by atoms with van der Waals surface area (Å²) in [7, 11) is 1.77. The van der Waals surface area contributed by atoms with Crippen LogP contribution in [-0.4, -0.2) is 34.9 Å². The van der Waals surface area contributed by atoms with Gasteiger partial charge in [-0.15, -0.1) is 0 Å². The molecule has 17 heavy (non-hydrogen) atoms. The summed E-state index contributed by atoms with van der Waals surface area (Å²) in [5.41, 5.74) is -0.679. The van der Waals surface area contributed by atoms with Crippen molar-refractivity contribution in [2.24, 2.45) is 0 Å². The van der Waals surface area contributed by atoms with E-state index in [1.807, 2.05) is 37.7 Å². The van der Waals surface area contributed by atoms with Crippen LogP contribution < -0.4 is 5.32 Å². The summed E-state index contributed by atoms with van der Waals surface area (Å²) in [5.74, 6) is -0.221. The normalized spacial score (nSPS) is 16.2. The van der Waals surface area contributed by atoms with Gasteiger partial charge in [-0.05, 0) is 40.3 Å². The Morgan fingerprint density at radius 2 is 2.35 bits per heavy atom. The number of carbonyl (C=O) groups is 1. The highest BCUT2D eigenvalue weighted by atomic mass is 16.5. The Kier molecular flexibility index (Phi) is 4.69. The number of ether oxygens (including phenoxy) is 1. The van der Waals surface area contributed by atoms with E-state index in [0.717, 1.165) is 0 Å². The minimum absolute atomic E-state index is 0.131. The largest absolute Gasteiger partial charge is 0.465 e. The van der Waals surface area contributed by atoms with Gasteiger partial charge in [0.25, 0.3) is 0 Å². The third-order valence-corrected chi connectivity index (χ3v) is 2.96. The van der Waals surface area contributed by atoms with Crippen LogP contribution in [0.15, 0.2) is 18.5 Å². The number of carbonyl (C=O) groups excluding carboxylic acids is 1. The lowest BCUT2D eigenvalue weighted by molar-refractivity contribution is -0.151. The Morgan fingerprint density at radius 1 is 1.65 bits per heavy atom. The molecule has 1 aromatic rings. The molecule has 0 fully saturated rings. The number of nitrogens with zero attached hydrogens (tertiary/aromatic N) is 2. The average Bonchev–Trinajstić information content (AvgIpc) is 2.82. The first-order valence-electron chi connectivity index (χ1n) is 5.88. The molecular formula is C12H21N3O2. The summed E-state index contributed by atoms with van der Waals surface area (Å²) in [6.07, 6.45) is 4.26. The first-order valence-corrected chi connectivity index (χ1v) is 5.88. The molecule has 0 aliphatic rings. The monoisotopic (exact) mass is 239 g/mol. The van der Waals surface area contributed by atoms with E-state index in [1.165, 1.54) is 0 Å². The number of likely N-dealkylation sites (N-methyl/N-ethyl adjacent to an activating group) is 1. The van der Waals surface area contributed by atoms with Crippen LogP contribution in [0.4, 0.5) is 0 Å². The molecule has 1 heterocycles. The van der Waals surface area contributed by atoms with Gasteiger partial charge >= 0.3 is 5.97 Å². The molecule has 0 saturated heterocycles. The first-order chi connectivity index (χ1) is 8.03. The number of aromatic nitrogens is 2. The van der Waals surface area contributed by atoms with E-state index < -0.39 is 5.54 Å². The van der Waals surface area contributed by atoms with Crippen LogP contribution in [0.1, 0.15) is 33.2 Å². The van der Waals surface area contributed by atoms with Crippen LogP contribution in [0.25, 0.3) is 0 Å². The second-order valence-electron chi connectivity index (χ2n) is 4.34. The van der Waals surface area contributed by atoms with Crippen LogP contribution in [-0.2, 0) is 9.53 Å². The Balaban J connectivity index is 2.71. The first kappa shape index (κ1) is 13.7. The van der Waals surface area contributed by atoms with Crippen LogP contribution in [0.2, 0.25) is 0 Å². The van der Waals surface area contributed by atoms with Crippen molar-refractivity contribution in [2.45, 2.75) is 38.8 Å². The number of nitrogens with one attached hydrogen (secondary N) is 1. The van der Waals surface area contributed by atoms with E-state index in [0.29, 0.717) is 13.0 Å². The quantitative estimate of drug-likeness (QED) is 0.762. The van der Waals surface area contributed by atoms with E-state index >= 15 is 0 Å². The van der Waals surface area contributed by atoms with Gasteiger partial charge in [0.05, 0.1) is 12.6 Å². The summed E-state index contributed by atoms with van der Waals surface area (Å²) < 4.78 is 6.93. The maximum absolute atomic E-state index is 11.9. The molecule has 1 rings (SSSR count). The molecule has 2 atom stereocenters. The van der Waals surface area contributed by atoms with E-state index in [-0.39, 0.29) is 12.0 Å². The molecule has 5 nitrogen and oxygen atoms in total. The molecule has 0 aliphatic heterocycles. The van der Waals surface area contributed by atoms with Crippen molar-refractivity contribution >= 4 is 5.97 Å². The second-order valence-corrected chi connectivity index (χ2v) is 4.34. The highest BCUT2D eigenvalue weighted by Crippen LogP contribution is 2.21. The number of esters is 1. The Hall–Kier alpha value is -1.36. The summed E-state index contributed by atoms with van der Waals surface area (Å²) in [6.45, 7) is 6.09. The molecule has 0 aliphatic carbocycles. The van der Waals surface area contributed by atoms with Crippen molar-refractivity contribution < 1.29 is 9.53 Å². The van der Waals surface area contributed by atoms with Crippen molar-refractivity contribution in [3.05, 3.63) is 18.5 Å². The lowest BCUT2D eigenvalue weighted by Gasteiger charge is -2.29. The minimum atomic E-state index is -0.679. The molecule has 1 N–H and O–H groups in total.